The maximum atomic E-state index is 4.14. The van der Waals surface area contributed by atoms with E-state index in [9.17, 15) is 0 Å². The van der Waals surface area contributed by atoms with Gasteiger partial charge in [-0.25, -0.2) is 4.98 Å². The zero-order chi connectivity index (χ0) is 9.80. The molecule has 14 heavy (non-hydrogen) atoms. The molecule has 1 aliphatic carbocycles. The summed E-state index contributed by atoms with van der Waals surface area (Å²) in [6.45, 7) is 1.05. The number of hydrogen-bond acceptors (Lipinski definition) is 1. The van der Waals surface area contributed by atoms with Gasteiger partial charge >= 0.3 is 0 Å². The first-order valence-corrected chi connectivity index (χ1v) is 6.00. The average molecular weight is 255 g/mol. The number of halogens is 1. The number of imidazole rings is 1. The fourth-order valence-electron chi connectivity index (χ4n) is 1.87. The smallest absolute Gasteiger partial charge is 0.177 e. The highest BCUT2D eigenvalue weighted by Gasteiger charge is 2.04. The van der Waals surface area contributed by atoms with Crippen LogP contribution in [0.15, 0.2) is 28.8 Å². The molecule has 0 aliphatic heterocycles. The van der Waals surface area contributed by atoms with Crippen LogP contribution in [-0.4, -0.2) is 9.55 Å². The van der Waals surface area contributed by atoms with Gasteiger partial charge in [-0.3, -0.25) is 0 Å². The second kappa shape index (κ2) is 4.78. The maximum Gasteiger partial charge on any atom is 0.177 e. The third-order valence-electron chi connectivity index (χ3n) is 2.72. The van der Waals surface area contributed by atoms with Gasteiger partial charge in [-0.15, -0.1) is 0 Å². The first kappa shape index (κ1) is 9.97. The van der Waals surface area contributed by atoms with Crippen molar-refractivity contribution in [2.24, 2.45) is 0 Å². The predicted octanol–water partition coefficient (Wildman–Crippen LogP) is 3.54. The van der Waals surface area contributed by atoms with Crippen molar-refractivity contribution in [2.75, 3.05) is 0 Å². The van der Waals surface area contributed by atoms with Crippen LogP contribution in [0.5, 0.6) is 0 Å². The van der Waals surface area contributed by atoms with Crippen molar-refractivity contribution in [3.63, 3.8) is 0 Å². The van der Waals surface area contributed by atoms with Crippen molar-refractivity contribution in [2.45, 2.75) is 38.6 Å². The van der Waals surface area contributed by atoms with Crippen molar-refractivity contribution in [1.82, 2.24) is 9.55 Å². The highest BCUT2D eigenvalue weighted by molar-refractivity contribution is 9.10. The van der Waals surface area contributed by atoms with Gasteiger partial charge in [0.1, 0.15) is 0 Å². The fraction of sp³-hybridized carbons (Fsp3) is 0.545. The second-order valence-corrected chi connectivity index (χ2v) is 4.46. The Bertz CT molecular complexity index is 328. The Morgan fingerprint density at radius 2 is 2.36 bits per heavy atom. The molecule has 1 aromatic heterocycles. The molecule has 0 saturated carbocycles. The molecule has 0 N–H and O–H groups in total. The molecule has 0 amide bonds. The van der Waals surface area contributed by atoms with E-state index in [0.717, 1.165) is 11.3 Å². The van der Waals surface area contributed by atoms with Crippen molar-refractivity contribution < 1.29 is 0 Å². The SMILES string of the molecule is Brc1nccn1CCC1=CCCCC1. The topological polar surface area (TPSA) is 17.8 Å². The Morgan fingerprint density at radius 3 is 3.00 bits per heavy atom. The van der Waals surface area contributed by atoms with E-state index < -0.39 is 0 Å². The van der Waals surface area contributed by atoms with Gasteiger partial charge in [0, 0.05) is 18.9 Å². The van der Waals surface area contributed by atoms with Gasteiger partial charge in [0.15, 0.2) is 4.73 Å². The van der Waals surface area contributed by atoms with Crippen LogP contribution in [0.25, 0.3) is 0 Å². The van der Waals surface area contributed by atoms with E-state index in [1.165, 1.54) is 32.1 Å². The Kier molecular flexibility index (Phi) is 3.40. The Balaban J connectivity index is 1.88. The van der Waals surface area contributed by atoms with Crippen LogP contribution in [0, 0.1) is 0 Å². The Hall–Kier alpha value is -0.570. The van der Waals surface area contributed by atoms with E-state index in [1.807, 2.05) is 12.4 Å². The van der Waals surface area contributed by atoms with Crippen LogP contribution in [-0.2, 0) is 6.54 Å². The minimum Gasteiger partial charge on any atom is -0.325 e. The summed E-state index contributed by atoms with van der Waals surface area (Å²) >= 11 is 3.42. The van der Waals surface area contributed by atoms with Crippen molar-refractivity contribution >= 4 is 15.9 Å². The van der Waals surface area contributed by atoms with E-state index in [2.05, 4.69) is 31.6 Å². The Labute approximate surface area is 93.2 Å². The third kappa shape index (κ3) is 2.47. The molecule has 0 saturated heterocycles. The minimum absolute atomic E-state index is 0.939. The molecule has 0 atom stereocenters. The summed E-state index contributed by atoms with van der Waals surface area (Å²) in [4.78, 5) is 4.14. The van der Waals surface area contributed by atoms with E-state index in [0.29, 0.717) is 0 Å². The molecule has 0 aromatic carbocycles. The first-order chi connectivity index (χ1) is 6.86. The summed E-state index contributed by atoms with van der Waals surface area (Å²) in [7, 11) is 0. The summed E-state index contributed by atoms with van der Waals surface area (Å²) < 4.78 is 3.09. The largest absolute Gasteiger partial charge is 0.325 e. The van der Waals surface area contributed by atoms with Crippen LogP contribution in [0.2, 0.25) is 0 Å². The van der Waals surface area contributed by atoms with Crippen molar-refractivity contribution in [3.05, 3.63) is 28.8 Å². The van der Waals surface area contributed by atoms with Crippen LogP contribution < -0.4 is 0 Å². The molecule has 1 aromatic rings. The van der Waals surface area contributed by atoms with Crippen molar-refractivity contribution in [3.8, 4) is 0 Å². The van der Waals surface area contributed by atoms with E-state index in [1.54, 1.807) is 5.57 Å². The number of rotatable bonds is 3. The number of aromatic nitrogens is 2. The molecule has 2 rings (SSSR count). The van der Waals surface area contributed by atoms with Crippen LogP contribution >= 0.6 is 15.9 Å². The minimum atomic E-state index is 0.939. The molecule has 0 spiro atoms. The fourth-order valence-corrected chi connectivity index (χ4v) is 2.29. The second-order valence-electron chi connectivity index (χ2n) is 3.75. The zero-order valence-electron chi connectivity index (χ0n) is 8.25. The highest BCUT2D eigenvalue weighted by atomic mass is 79.9. The molecule has 0 unspecified atom stereocenters. The molecule has 76 valence electrons. The molecule has 0 bridgehead atoms. The predicted molar refractivity (Wildman–Crippen MR) is 61.1 cm³/mol. The quantitative estimate of drug-likeness (QED) is 0.755. The molecule has 2 nitrogen and oxygen atoms in total. The van der Waals surface area contributed by atoms with E-state index in [-0.39, 0.29) is 0 Å². The number of hydrogen-bond donors (Lipinski definition) is 0. The summed E-state index contributed by atoms with van der Waals surface area (Å²) in [5.41, 5.74) is 1.62. The van der Waals surface area contributed by atoms with Gasteiger partial charge in [-0.2, -0.15) is 0 Å². The van der Waals surface area contributed by atoms with Crippen LogP contribution in [0.1, 0.15) is 32.1 Å². The summed E-state index contributed by atoms with van der Waals surface area (Å²) in [5.74, 6) is 0. The van der Waals surface area contributed by atoms with Gasteiger partial charge in [-0.1, -0.05) is 11.6 Å². The number of aryl methyl sites for hydroxylation is 1. The number of nitrogens with zero attached hydrogens (tertiary/aromatic N) is 2. The summed E-state index contributed by atoms with van der Waals surface area (Å²) in [5, 5.41) is 0. The lowest BCUT2D eigenvalue weighted by atomic mass is 9.97. The van der Waals surface area contributed by atoms with Crippen molar-refractivity contribution in [1.29, 1.82) is 0 Å². The standard InChI is InChI=1S/C11H15BrN2/c12-11-13-7-9-14(11)8-6-10-4-2-1-3-5-10/h4,7,9H,1-3,5-6,8H2. The van der Waals surface area contributed by atoms with Gasteiger partial charge in [0.05, 0.1) is 0 Å². The van der Waals surface area contributed by atoms with Gasteiger partial charge in [0.2, 0.25) is 0 Å². The molecule has 3 heteroatoms. The van der Waals surface area contributed by atoms with Crippen LogP contribution in [0.4, 0.5) is 0 Å². The first-order valence-electron chi connectivity index (χ1n) is 5.21. The van der Waals surface area contributed by atoms with Gasteiger partial charge in [-0.05, 0) is 48.0 Å². The molecular weight excluding hydrogens is 240 g/mol. The lowest BCUT2D eigenvalue weighted by Crippen LogP contribution is -2.00. The summed E-state index contributed by atoms with van der Waals surface area (Å²) in [6, 6.07) is 0. The normalized spacial score (nSPS) is 16.8. The maximum absolute atomic E-state index is 4.14. The average Bonchev–Trinajstić information content (AvgIpc) is 2.63. The third-order valence-corrected chi connectivity index (χ3v) is 3.38. The highest BCUT2D eigenvalue weighted by Crippen LogP contribution is 2.21. The molecule has 1 aliphatic rings. The van der Waals surface area contributed by atoms with Gasteiger partial charge < -0.3 is 4.57 Å². The monoisotopic (exact) mass is 254 g/mol. The zero-order valence-corrected chi connectivity index (χ0v) is 9.83. The van der Waals surface area contributed by atoms with Crippen LogP contribution in [0.3, 0.4) is 0 Å². The molecule has 0 fully saturated rings. The summed E-state index contributed by atoms with van der Waals surface area (Å²) in [6.07, 6.45) is 12.8. The van der Waals surface area contributed by atoms with Gasteiger partial charge in [0.25, 0.3) is 0 Å². The molecule has 0 radical (unpaired) electrons. The Morgan fingerprint density at radius 1 is 1.43 bits per heavy atom. The van der Waals surface area contributed by atoms with E-state index >= 15 is 0 Å². The lowest BCUT2D eigenvalue weighted by Gasteiger charge is -2.12. The molecular formula is C11H15BrN2. The number of allylic oxidation sites excluding steroid dienone is 2. The lowest BCUT2D eigenvalue weighted by molar-refractivity contribution is 0.619. The van der Waals surface area contributed by atoms with E-state index in [4.69, 9.17) is 0 Å². The molecule has 1 heterocycles.